The van der Waals surface area contributed by atoms with E-state index in [9.17, 15) is 0 Å². The Labute approximate surface area is 106 Å². The molecule has 7 heteroatoms. The Morgan fingerprint density at radius 3 is 0.857 bits per heavy atom. The van der Waals surface area contributed by atoms with Crippen molar-refractivity contribution in [3.05, 3.63) is 0 Å². The quantitative estimate of drug-likeness (QED) is 0.488. The summed E-state index contributed by atoms with van der Waals surface area (Å²) in [6.45, 7) is 0. The standard InChI is InChI=1S/2Li.2Mn.2Ni.O.2H. The Bertz CT molecular complexity index is 13.7. The van der Waals surface area contributed by atoms with E-state index in [0.29, 0.717) is 0 Å². The van der Waals surface area contributed by atoms with E-state index in [1.165, 1.54) is 0 Å². The molecule has 0 rings (SSSR count). The van der Waals surface area contributed by atoms with Crippen molar-refractivity contribution in [1.29, 1.82) is 0 Å². The first kappa shape index (κ1) is 50.4. The molecule has 0 saturated carbocycles. The molecule has 0 aromatic heterocycles. The van der Waals surface area contributed by atoms with Crippen molar-refractivity contribution >= 4 is 37.7 Å². The Morgan fingerprint density at radius 1 is 0.857 bits per heavy atom. The molecular formula is H2Li2Mn2Ni2O. The van der Waals surface area contributed by atoms with Crippen LogP contribution in [0.1, 0.15) is 0 Å². The first-order valence-electron chi connectivity index (χ1n) is 0.154. The summed E-state index contributed by atoms with van der Waals surface area (Å²) in [6.07, 6.45) is 0. The number of rotatable bonds is 0. The predicted octanol–water partition coefficient (Wildman–Crippen LogP) is -1.43. The Hall–Kier alpha value is 3.02. The first-order chi connectivity index (χ1) is 1.00. The zero-order valence-electron chi connectivity index (χ0n) is 1.80. The van der Waals surface area contributed by atoms with Gasteiger partial charge in [-0.1, -0.05) is 0 Å². The van der Waals surface area contributed by atoms with Crippen molar-refractivity contribution < 1.29 is 69.8 Å². The van der Waals surface area contributed by atoms with Gasteiger partial charge in [0.25, 0.3) is 0 Å². The van der Waals surface area contributed by atoms with Crippen LogP contribution < -0.4 is 0 Å². The maximum absolute atomic E-state index is 8.06. The van der Waals surface area contributed by atoms with Crippen LogP contribution in [0.3, 0.4) is 0 Å². The second-order valence-electron chi connectivity index (χ2n) is 0. The van der Waals surface area contributed by atoms with Gasteiger partial charge >= 0.3 is 57.5 Å². The fourth-order valence-electron chi connectivity index (χ4n) is 0. The van der Waals surface area contributed by atoms with Crippen molar-refractivity contribution in [3.8, 4) is 0 Å². The monoisotopic (exact) mass is 258 g/mol. The molecule has 0 aromatic rings. The molecule has 44 valence electrons. The molecule has 0 heterocycles. The van der Waals surface area contributed by atoms with E-state index in [-0.39, 0.29) is 87.8 Å². The van der Waals surface area contributed by atoms with Crippen LogP contribution in [-0.2, 0) is 69.8 Å². The molecule has 0 N–H and O–H groups in total. The topological polar surface area (TPSA) is 17.1 Å². The predicted molar refractivity (Wildman–Crippen MR) is 15.0 cm³/mol. The van der Waals surface area contributed by atoms with Crippen molar-refractivity contribution in [2.45, 2.75) is 0 Å². The van der Waals surface area contributed by atoms with Crippen molar-refractivity contribution in [2.24, 2.45) is 0 Å². The van der Waals surface area contributed by atoms with Crippen LogP contribution in [0.5, 0.6) is 0 Å². The van der Waals surface area contributed by atoms with Crippen LogP contribution in [0.2, 0.25) is 0 Å². The van der Waals surface area contributed by atoms with Crippen LogP contribution >= 0.6 is 0 Å². The summed E-state index contributed by atoms with van der Waals surface area (Å²) in [4.78, 5) is 0. The molecule has 0 aliphatic heterocycles. The van der Waals surface area contributed by atoms with Gasteiger partial charge in [-0.05, 0) is 0 Å². The molecule has 7 heavy (non-hydrogen) atoms. The van der Waals surface area contributed by atoms with E-state index in [1.54, 1.807) is 15.9 Å². The second-order valence-corrected chi connectivity index (χ2v) is 0. The van der Waals surface area contributed by atoms with Gasteiger partial charge in [-0.2, -0.15) is 0 Å². The summed E-state index contributed by atoms with van der Waals surface area (Å²) in [5, 5.41) is 0. The fraction of sp³-hybridized carbons (Fsp3) is 0. The van der Waals surface area contributed by atoms with Gasteiger partial charge in [-0.15, -0.1) is 0 Å². The summed E-state index contributed by atoms with van der Waals surface area (Å²) in [5.74, 6) is 0. The van der Waals surface area contributed by atoms with Crippen LogP contribution in [0.15, 0.2) is 0 Å². The SMILES string of the molecule is [LiH].[LiH].[Mn].[Ni].[Ni].[O]=[Mn]. The average Bonchev–Trinajstić information content (AvgIpc) is 1.00. The molecule has 0 aromatic carbocycles. The van der Waals surface area contributed by atoms with E-state index < -0.39 is 0 Å². The van der Waals surface area contributed by atoms with Crippen molar-refractivity contribution in [3.63, 3.8) is 0 Å². The zero-order chi connectivity index (χ0) is 2.00. The van der Waals surface area contributed by atoms with Gasteiger partial charge in [0, 0.05) is 50.1 Å². The second kappa shape index (κ2) is 63.6. The summed E-state index contributed by atoms with van der Waals surface area (Å²) in [6, 6.07) is 0. The van der Waals surface area contributed by atoms with Crippen LogP contribution in [-0.4, -0.2) is 37.7 Å². The normalized spacial score (nSPS) is 0.571. The summed E-state index contributed by atoms with van der Waals surface area (Å²) < 4.78 is 8.06. The van der Waals surface area contributed by atoms with E-state index >= 15 is 0 Å². The van der Waals surface area contributed by atoms with E-state index in [2.05, 4.69) is 0 Å². The minimum absolute atomic E-state index is 0. The van der Waals surface area contributed by atoms with E-state index in [4.69, 9.17) is 3.83 Å². The molecule has 0 unspecified atom stereocenters. The van der Waals surface area contributed by atoms with Crippen molar-refractivity contribution in [2.75, 3.05) is 0 Å². The molecular weight excluding hydrogens is 257 g/mol. The maximum atomic E-state index is 8.06. The average molecular weight is 259 g/mol. The molecule has 1 radical (unpaired) electrons. The third-order valence-corrected chi connectivity index (χ3v) is 0. The molecule has 0 aliphatic carbocycles. The Balaban J connectivity index is -0.000000000500. The van der Waals surface area contributed by atoms with Gasteiger partial charge in [0.2, 0.25) is 0 Å². The molecule has 0 spiro atoms. The molecule has 0 saturated heterocycles. The molecule has 1 nitrogen and oxygen atoms in total. The first-order valence-corrected chi connectivity index (χ1v) is 0.636. The summed E-state index contributed by atoms with van der Waals surface area (Å²) in [5.41, 5.74) is 0. The van der Waals surface area contributed by atoms with Gasteiger partial charge in [-0.3, -0.25) is 0 Å². The van der Waals surface area contributed by atoms with E-state index in [1.807, 2.05) is 0 Å². The van der Waals surface area contributed by atoms with Crippen LogP contribution in [0, 0.1) is 0 Å². The van der Waals surface area contributed by atoms with Gasteiger partial charge < -0.3 is 0 Å². The molecule has 0 aliphatic rings. The van der Waals surface area contributed by atoms with Crippen LogP contribution in [0.4, 0.5) is 0 Å². The molecule has 0 bridgehead atoms. The molecule has 0 atom stereocenters. The number of hydrogen-bond acceptors (Lipinski definition) is 1. The van der Waals surface area contributed by atoms with Crippen molar-refractivity contribution in [1.82, 2.24) is 0 Å². The molecule has 0 fully saturated rings. The fourth-order valence-corrected chi connectivity index (χ4v) is 0. The van der Waals surface area contributed by atoms with Gasteiger partial charge in [0.15, 0.2) is 0 Å². The summed E-state index contributed by atoms with van der Waals surface area (Å²) >= 11 is 1.69. The summed E-state index contributed by atoms with van der Waals surface area (Å²) in [7, 11) is 0. The van der Waals surface area contributed by atoms with Gasteiger partial charge in [0.1, 0.15) is 0 Å². The number of hydrogen-bond donors (Lipinski definition) is 0. The third kappa shape index (κ3) is 48.7. The van der Waals surface area contributed by atoms with E-state index in [0.717, 1.165) is 0 Å². The zero-order valence-corrected chi connectivity index (χ0v) is 6.13. The van der Waals surface area contributed by atoms with Gasteiger partial charge in [0.05, 0.1) is 0 Å². The Kier molecular flexibility index (Phi) is 458. The Morgan fingerprint density at radius 2 is 0.857 bits per heavy atom. The van der Waals surface area contributed by atoms with Crippen LogP contribution in [0.25, 0.3) is 0 Å². The molecule has 0 amide bonds. The minimum atomic E-state index is 0. The third-order valence-electron chi connectivity index (χ3n) is 0. The van der Waals surface area contributed by atoms with Gasteiger partial charge in [-0.25, -0.2) is 0 Å².